The molecule has 0 bridgehead atoms. The molecule has 166 valence electrons. The van der Waals surface area contributed by atoms with E-state index in [1.807, 2.05) is 77.6 Å². The zero-order chi connectivity index (χ0) is 22.5. The van der Waals surface area contributed by atoms with Crippen LogP contribution in [0, 0.1) is 0 Å². The standard InChI is InChI=1S/C25H20N2O4S2/c28-25(21-6-1-2-7-24(21)33-14-19-13-32-15-26-19)27-18-5-3-4-17(10-18)12-29-20-8-9-22-23(11-20)31-16-30-22/h1-11,13,15H,12,14,16H2,(H,27,28). The van der Waals surface area contributed by atoms with Gasteiger partial charge in [-0.15, -0.1) is 23.1 Å². The monoisotopic (exact) mass is 476 g/mol. The van der Waals surface area contributed by atoms with Gasteiger partial charge < -0.3 is 19.5 Å². The summed E-state index contributed by atoms with van der Waals surface area (Å²) in [6.07, 6.45) is 0. The summed E-state index contributed by atoms with van der Waals surface area (Å²) in [5.74, 6) is 2.67. The molecule has 3 aromatic carbocycles. The van der Waals surface area contributed by atoms with Crippen LogP contribution in [0.25, 0.3) is 0 Å². The first-order chi connectivity index (χ1) is 16.2. The van der Waals surface area contributed by atoms with Crippen LogP contribution in [0.5, 0.6) is 17.2 Å². The number of hydrogen-bond acceptors (Lipinski definition) is 7. The van der Waals surface area contributed by atoms with Crippen LogP contribution in [0.1, 0.15) is 21.6 Å². The molecule has 4 aromatic rings. The van der Waals surface area contributed by atoms with Crippen LogP contribution >= 0.6 is 23.1 Å². The zero-order valence-electron chi connectivity index (χ0n) is 17.5. The summed E-state index contributed by atoms with van der Waals surface area (Å²) in [5, 5.41) is 5.03. The first-order valence-corrected chi connectivity index (χ1v) is 12.2. The van der Waals surface area contributed by atoms with Gasteiger partial charge in [-0.1, -0.05) is 24.3 Å². The minimum atomic E-state index is -0.148. The van der Waals surface area contributed by atoms with Crippen molar-refractivity contribution < 1.29 is 19.0 Å². The molecule has 0 saturated heterocycles. The van der Waals surface area contributed by atoms with Crippen molar-refractivity contribution in [2.45, 2.75) is 17.3 Å². The number of nitrogens with zero attached hydrogens (tertiary/aromatic N) is 1. The molecule has 1 aliphatic rings. The van der Waals surface area contributed by atoms with Gasteiger partial charge >= 0.3 is 0 Å². The lowest BCUT2D eigenvalue weighted by Crippen LogP contribution is -2.13. The van der Waals surface area contributed by atoms with Gasteiger partial charge in [0, 0.05) is 27.8 Å². The molecule has 6 nitrogen and oxygen atoms in total. The Kier molecular flexibility index (Phi) is 6.46. The Morgan fingerprint density at radius 3 is 2.88 bits per heavy atom. The number of carbonyl (C=O) groups excluding carboxylic acids is 1. The first-order valence-electron chi connectivity index (χ1n) is 10.3. The van der Waals surface area contributed by atoms with E-state index in [2.05, 4.69) is 10.3 Å². The molecule has 0 spiro atoms. The molecule has 0 aliphatic carbocycles. The van der Waals surface area contributed by atoms with E-state index >= 15 is 0 Å². The van der Waals surface area contributed by atoms with E-state index in [0.717, 1.165) is 27.7 Å². The highest BCUT2D eigenvalue weighted by atomic mass is 32.2. The van der Waals surface area contributed by atoms with Crippen LogP contribution in [0.3, 0.4) is 0 Å². The Morgan fingerprint density at radius 2 is 1.97 bits per heavy atom. The van der Waals surface area contributed by atoms with Crippen LogP contribution in [0.4, 0.5) is 5.69 Å². The summed E-state index contributed by atoms with van der Waals surface area (Å²) in [6, 6.07) is 20.7. The van der Waals surface area contributed by atoms with Gasteiger partial charge in [0.1, 0.15) is 12.4 Å². The van der Waals surface area contributed by atoms with E-state index in [1.54, 1.807) is 23.1 Å². The maximum absolute atomic E-state index is 13.0. The Bertz CT molecular complexity index is 1260. The lowest BCUT2D eigenvalue weighted by Gasteiger charge is -2.11. The summed E-state index contributed by atoms with van der Waals surface area (Å²) in [6.45, 7) is 0.594. The normalized spacial score (nSPS) is 11.9. The molecular weight excluding hydrogens is 456 g/mol. The number of amides is 1. The van der Waals surface area contributed by atoms with E-state index in [4.69, 9.17) is 14.2 Å². The van der Waals surface area contributed by atoms with Gasteiger partial charge in [-0.25, -0.2) is 4.98 Å². The van der Waals surface area contributed by atoms with Gasteiger partial charge in [0.05, 0.1) is 16.8 Å². The third-order valence-electron chi connectivity index (χ3n) is 4.93. The summed E-state index contributed by atoms with van der Waals surface area (Å²) in [4.78, 5) is 18.2. The third kappa shape index (κ3) is 5.30. The molecule has 1 aromatic heterocycles. The topological polar surface area (TPSA) is 69.7 Å². The Labute approximate surface area is 199 Å². The highest BCUT2D eigenvalue weighted by Crippen LogP contribution is 2.35. The predicted octanol–water partition coefficient (Wildman–Crippen LogP) is 6.00. The number of hydrogen-bond donors (Lipinski definition) is 1. The largest absolute Gasteiger partial charge is 0.489 e. The number of carbonyl (C=O) groups is 1. The van der Waals surface area contributed by atoms with E-state index < -0.39 is 0 Å². The first kappa shape index (κ1) is 21.4. The fraction of sp³-hybridized carbons (Fsp3) is 0.120. The van der Waals surface area contributed by atoms with E-state index in [9.17, 15) is 4.79 Å². The second-order valence-electron chi connectivity index (χ2n) is 7.22. The van der Waals surface area contributed by atoms with Crippen LogP contribution in [0.2, 0.25) is 0 Å². The van der Waals surface area contributed by atoms with Gasteiger partial charge in [0.25, 0.3) is 5.91 Å². The Hall–Kier alpha value is -3.49. The van der Waals surface area contributed by atoms with Gasteiger partial charge in [-0.3, -0.25) is 4.79 Å². The average molecular weight is 477 g/mol. The molecule has 8 heteroatoms. The second kappa shape index (κ2) is 9.97. The van der Waals surface area contributed by atoms with Gasteiger partial charge in [0.2, 0.25) is 6.79 Å². The predicted molar refractivity (Wildman–Crippen MR) is 129 cm³/mol. The number of aromatic nitrogens is 1. The van der Waals surface area contributed by atoms with Crippen LogP contribution in [-0.4, -0.2) is 17.7 Å². The van der Waals surface area contributed by atoms with Crippen LogP contribution in [0.15, 0.2) is 82.5 Å². The summed E-state index contributed by atoms with van der Waals surface area (Å²) < 4.78 is 16.6. The minimum absolute atomic E-state index is 0.148. The molecule has 33 heavy (non-hydrogen) atoms. The molecule has 0 radical (unpaired) electrons. The van der Waals surface area contributed by atoms with E-state index in [0.29, 0.717) is 29.4 Å². The molecule has 1 aliphatic heterocycles. The molecule has 1 amide bonds. The number of fused-ring (bicyclic) bond motifs is 1. The summed E-state index contributed by atoms with van der Waals surface area (Å²) in [5.41, 5.74) is 5.12. The highest BCUT2D eigenvalue weighted by molar-refractivity contribution is 7.98. The number of thiazole rings is 1. The van der Waals surface area contributed by atoms with Gasteiger partial charge in [-0.05, 0) is 42.0 Å². The third-order valence-corrected chi connectivity index (χ3v) is 6.67. The van der Waals surface area contributed by atoms with Crippen molar-refractivity contribution in [3.63, 3.8) is 0 Å². The maximum Gasteiger partial charge on any atom is 0.256 e. The zero-order valence-corrected chi connectivity index (χ0v) is 19.2. The molecule has 0 unspecified atom stereocenters. The van der Waals surface area contributed by atoms with Crippen LogP contribution in [-0.2, 0) is 12.4 Å². The Balaban J connectivity index is 1.23. The number of thioether (sulfide) groups is 1. The fourth-order valence-corrected chi connectivity index (χ4v) is 4.93. The Morgan fingerprint density at radius 1 is 1.06 bits per heavy atom. The quantitative estimate of drug-likeness (QED) is 0.315. The number of rotatable bonds is 8. The molecular formula is C25H20N2O4S2. The van der Waals surface area contributed by atoms with Crippen molar-refractivity contribution in [2.75, 3.05) is 12.1 Å². The molecule has 5 rings (SSSR count). The van der Waals surface area contributed by atoms with Crippen molar-refractivity contribution >= 4 is 34.7 Å². The minimum Gasteiger partial charge on any atom is -0.489 e. The van der Waals surface area contributed by atoms with Crippen molar-refractivity contribution in [3.8, 4) is 17.2 Å². The summed E-state index contributed by atoms with van der Waals surface area (Å²) >= 11 is 3.18. The van der Waals surface area contributed by atoms with Crippen molar-refractivity contribution in [1.82, 2.24) is 4.98 Å². The summed E-state index contributed by atoms with van der Waals surface area (Å²) in [7, 11) is 0. The smallest absolute Gasteiger partial charge is 0.256 e. The van der Waals surface area contributed by atoms with E-state index in [1.165, 1.54) is 0 Å². The number of benzene rings is 3. The maximum atomic E-state index is 13.0. The van der Waals surface area contributed by atoms with Crippen molar-refractivity contribution in [3.05, 3.63) is 94.4 Å². The number of ether oxygens (including phenoxy) is 3. The average Bonchev–Trinajstić information content (AvgIpc) is 3.53. The van der Waals surface area contributed by atoms with Gasteiger partial charge in [0.15, 0.2) is 11.5 Å². The highest BCUT2D eigenvalue weighted by Gasteiger charge is 2.14. The van der Waals surface area contributed by atoms with E-state index in [-0.39, 0.29) is 12.7 Å². The SMILES string of the molecule is O=C(Nc1cccc(COc2ccc3c(c2)OCO3)c1)c1ccccc1SCc1cscn1. The fourth-order valence-electron chi connectivity index (χ4n) is 3.31. The van der Waals surface area contributed by atoms with Crippen molar-refractivity contribution in [2.24, 2.45) is 0 Å². The van der Waals surface area contributed by atoms with Crippen LogP contribution < -0.4 is 19.5 Å². The molecule has 1 N–H and O–H groups in total. The molecule has 0 atom stereocenters. The second-order valence-corrected chi connectivity index (χ2v) is 8.96. The molecule has 0 saturated carbocycles. The number of anilines is 1. The lowest BCUT2D eigenvalue weighted by atomic mass is 10.2. The van der Waals surface area contributed by atoms with Crippen molar-refractivity contribution in [1.29, 1.82) is 0 Å². The molecule has 0 fully saturated rings. The van der Waals surface area contributed by atoms with Gasteiger partial charge in [-0.2, -0.15) is 0 Å². The number of nitrogens with one attached hydrogen (secondary N) is 1. The molecule has 2 heterocycles. The lowest BCUT2D eigenvalue weighted by molar-refractivity contribution is 0.102.